The third kappa shape index (κ3) is 7.97. The minimum atomic E-state index is -0.238. The number of esters is 1. The number of nitrogens with zero attached hydrogens (tertiary/aromatic N) is 1. The van der Waals surface area contributed by atoms with Crippen LogP contribution in [0.3, 0.4) is 0 Å². The van der Waals surface area contributed by atoms with Gasteiger partial charge < -0.3 is 9.64 Å². The lowest BCUT2D eigenvalue weighted by Gasteiger charge is -2.27. The van der Waals surface area contributed by atoms with Crippen LogP contribution in [0.1, 0.15) is 47.0 Å². The highest BCUT2D eigenvalue weighted by atomic mass is 16.5. The van der Waals surface area contributed by atoms with E-state index >= 15 is 0 Å². The molecule has 0 fully saturated rings. The molecule has 1 unspecified atom stereocenters. The Labute approximate surface area is 106 Å². The van der Waals surface area contributed by atoms with Crippen molar-refractivity contribution in [2.75, 3.05) is 19.7 Å². The van der Waals surface area contributed by atoms with E-state index in [1.54, 1.807) is 6.08 Å². The van der Waals surface area contributed by atoms with Crippen molar-refractivity contribution >= 4 is 5.97 Å². The monoisotopic (exact) mass is 241 g/mol. The molecule has 0 aliphatic rings. The minimum absolute atomic E-state index is 0.238. The van der Waals surface area contributed by atoms with E-state index in [2.05, 4.69) is 25.7 Å². The molecule has 0 aromatic rings. The highest BCUT2D eigenvalue weighted by Gasteiger charge is 2.10. The summed E-state index contributed by atoms with van der Waals surface area (Å²) in [7, 11) is 0. The molecule has 0 aliphatic carbocycles. The molecule has 0 aromatic carbocycles. The first kappa shape index (κ1) is 16.2. The summed E-state index contributed by atoms with van der Waals surface area (Å²) in [5, 5.41) is 0. The second-order valence-electron chi connectivity index (χ2n) is 4.31. The van der Waals surface area contributed by atoms with Crippen molar-refractivity contribution in [1.82, 2.24) is 4.90 Å². The van der Waals surface area contributed by atoms with E-state index in [0.717, 1.165) is 19.5 Å². The van der Waals surface area contributed by atoms with E-state index in [1.807, 2.05) is 6.92 Å². The molecule has 0 N–H and O–H groups in total. The van der Waals surface area contributed by atoms with Crippen LogP contribution in [0.4, 0.5) is 0 Å². The Morgan fingerprint density at radius 1 is 1.35 bits per heavy atom. The second kappa shape index (κ2) is 10.3. The molecule has 17 heavy (non-hydrogen) atoms. The number of hydrogen-bond acceptors (Lipinski definition) is 3. The lowest BCUT2D eigenvalue weighted by atomic mass is 10.2. The van der Waals surface area contributed by atoms with Crippen LogP contribution in [-0.4, -0.2) is 36.6 Å². The molecular formula is C14H27NO2. The van der Waals surface area contributed by atoms with E-state index in [9.17, 15) is 4.79 Å². The fraction of sp³-hybridized carbons (Fsp3) is 0.786. The zero-order valence-electron chi connectivity index (χ0n) is 11.7. The molecule has 0 bridgehead atoms. The van der Waals surface area contributed by atoms with E-state index in [1.165, 1.54) is 18.9 Å². The summed E-state index contributed by atoms with van der Waals surface area (Å²) in [6.45, 7) is 11.1. The van der Waals surface area contributed by atoms with Crippen LogP contribution in [0.2, 0.25) is 0 Å². The third-order valence-electron chi connectivity index (χ3n) is 2.86. The first-order valence-corrected chi connectivity index (χ1v) is 6.69. The van der Waals surface area contributed by atoms with Crippen molar-refractivity contribution in [3.05, 3.63) is 12.2 Å². The maximum atomic E-state index is 11.1. The highest BCUT2D eigenvalue weighted by Crippen LogP contribution is 2.05. The lowest BCUT2D eigenvalue weighted by Crippen LogP contribution is -2.34. The fourth-order valence-corrected chi connectivity index (χ4v) is 1.72. The Balaban J connectivity index is 3.78. The SMILES string of the molecule is C/C=C\C(=O)OCCCN(CCC)C(C)CC. The van der Waals surface area contributed by atoms with Gasteiger partial charge in [0, 0.05) is 18.7 Å². The number of allylic oxidation sites excluding steroid dienone is 1. The van der Waals surface area contributed by atoms with Gasteiger partial charge in [0.1, 0.15) is 0 Å². The smallest absolute Gasteiger partial charge is 0.330 e. The van der Waals surface area contributed by atoms with Crippen molar-refractivity contribution < 1.29 is 9.53 Å². The quantitative estimate of drug-likeness (QED) is 0.353. The number of ether oxygens (including phenoxy) is 1. The Morgan fingerprint density at radius 2 is 2.06 bits per heavy atom. The van der Waals surface area contributed by atoms with Crippen LogP contribution in [0, 0.1) is 0 Å². The molecule has 0 radical (unpaired) electrons. The molecular weight excluding hydrogens is 214 g/mol. The molecule has 1 atom stereocenters. The Morgan fingerprint density at radius 3 is 2.59 bits per heavy atom. The summed E-state index contributed by atoms with van der Waals surface area (Å²) >= 11 is 0. The largest absolute Gasteiger partial charge is 0.462 e. The Kier molecular flexibility index (Phi) is 9.83. The molecule has 0 saturated carbocycles. The molecule has 0 aliphatic heterocycles. The van der Waals surface area contributed by atoms with Crippen molar-refractivity contribution in [2.24, 2.45) is 0 Å². The molecule has 0 amide bonds. The Bertz CT molecular complexity index is 226. The van der Waals surface area contributed by atoms with Crippen molar-refractivity contribution in [3.63, 3.8) is 0 Å². The average molecular weight is 241 g/mol. The summed E-state index contributed by atoms with van der Waals surface area (Å²) in [6.07, 6.45) is 6.40. The third-order valence-corrected chi connectivity index (χ3v) is 2.86. The standard InChI is InChI=1S/C14H27NO2/c1-5-9-14(16)17-12-8-11-15(10-6-2)13(4)7-3/h5,9,13H,6-8,10-12H2,1-4H3/b9-5-. The van der Waals surface area contributed by atoms with Crippen LogP contribution >= 0.6 is 0 Å². The van der Waals surface area contributed by atoms with Gasteiger partial charge in [-0.3, -0.25) is 0 Å². The zero-order chi connectivity index (χ0) is 13.1. The van der Waals surface area contributed by atoms with Crippen LogP contribution < -0.4 is 0 Å². The molecule has 3 nitrogen and oxygen atoms in total. The molecule has 3 heteroatoms. The molecule has 0 saturated heterocycles. The summed E-state index contributed by atoms with van der Waals surface area (Å²) in [4.78, 5) is 13.5. The molecule has 0 rings (SSSR count). The van der Waals surface area contributed by atoms with Crippen LogP contribution in [0.5, 0.6) is 0 Å². The predicted molar refractivity (Wildman–Crippen MR) is 72.0 cm³/mol. The summed E-state index contributed by atoms with van der Waals surface area (Å²) < 4.78 is 5.07. The Hall–Kier alpha value is -0.830. The van der Waals surface area contributed by atoms with Gasteiger partial charge in [0.2, 0.25) is 0 Å². The van der Waals surface area contributed by atoms with Crippen LogP contribution in [0.25, 0.3) is 0 Å². The van der Waals surface area contributed by atoms with Crippen molar-refractivity contribution in [3.8, 4) is 0 Å². The second-order valence-corrected chi connectivity index (χ2v) is 4.31. The van der Waals surface area contributed by atoms with E-state index in [0.29, 0.717) is 12.6 Å². The van der Waals surface area contributed by atoms with Crippen LogP contribution in [-0.2, 0) is 9.53 Å². The van der Waals surface area contributed by atoms with E-state index < -0.39 is 0 Å². The highest BCUT2D eigenvalue weighted by molar-refractivity contribution is 5.81. The summed E-state index contributed by atoms with van der Waals surface area (Å²) in [5.74, 6) is -0.238. The van der Waals surface area contributed by atoms with E-state index in [4.69, 9.17) is 4.74 Å². The predicted octanol–water partition coefficient (Wildman–Crippen LogP) is 3.01. The number of hydrogen-bond donors (Lipinski definition) is 0. The molecule has 100 valence electrons. The summed E-state index contributed by atoms with van der Waals surface area (Å²) in [5.41, 5.74) is 0. The average Bonchev–Trinajstić information content (AvgIpc) is 2.32. The van der Waals surface area contributed by atoms with Crippen molar-refractivity contribution in [2.45, 2.75) is 53.0 Å². The maximum Gasteiger partial charge on any atom is 0.330 e. The molecule has 0 aromatic heterocycles. The zero-order valence-corrected chi connectivity index (χ0v) is 11.7. The van der Waals surface area contributed by atoms with Gasteiger partial charge >= 0.3 is 5.97 Å². The van der Waals surface area contributed by atoms with Gasteiger partial charge in [0.25, 0.3) is 0 Å². The maximum absolute atomic E-state index is 11.1. The van der Waals surface area contributed by atoms with E-state index in [-0.39, 0.29) is 5.97 Å². The fourth-order valence-electron chi connectivity index (χ4n) is 1.72. The molecule has 0 spiro atoms. The number of rotatable bonds is 9. The normalized spacial score (nSPS) is 13.2. The van der Waals surface area contributed by atoms with Gasteiger partial charge in [-0.25, -0.2) is 4.79 Å². The van der Waals surface area contributed by atoms with Gasteiger partial charge in [-0.1, -0.05) is 19.9 Å². The van der Waals surface area contributed by atoms with Gasteiger partial charge in [0.15, 0.2) is 0 Å². The summed E-state index contributed by atoms with van der Waals surface area (Å²) in [6, 6.07) is 0.612. The van der Waals surface area contributed by atoms with Crippen LogP contribution in [0.15, 0.2) is 12.2 Å². The lowest BCUT2D eigenvalue weighted by molar-refractivity contribution is -0.137. The minimum Gasteiger partial charge on any atom is -0.462 e. The first-order chi connectivity index (χ1) is 8.15. The molecule has 0 heterocycles. The van der Waals surface area contributed by atoms with Gasteiger partial charge in [-0.2, -0.15) is 0 Å². The number of carbonyl (C=O) groups excluding carboxylic acids is 1. The van der Waals surface area contributed by atoms with Crippen molar-refractivity contribution in [1.29, 1.82) is 0 Å². The number of carbonyl (C=O) groups is 1. The van der Waals surface area contributed by atoms with Gasteiger partial charge in [-0.15, -0.1) is 0 Å². The van der Waals surface area contributed by atoms with Gasteiger partial charge in [0.05, 0.1) is 6.61 Å². The first-order valence-electron chi connectivity index (χ1n) is 6.69. The van der Waals surface area contributed by atoms with Gasteiger partial charge in [-0.05, 0) is 39.7 Å². The topological polar surface area (TPSA) is 29.5 Å².